The van der Waals surface area contributed by atoms with Crippen LogP contribution in [0.4, 0.5) is 0 Å². The van der Waals surface area contributed by atoms with Crippen LogP contribution in [0.15, 0.2) is 36.4 Å². The second-order valence-corrected chi connectivity index (χ2v) is 6.43. The van der Waals surface area contributed by atoms with E-state index in [0.29, 0.717) is 24.5 Å². The summed E-state index contributed by atoms with van der Waals surface area (Å²) in [4.78, 5) is 24.5. The molecule has 0 aromatic heterocycles. The molecule has 0 radical (unpaired) electrons. The molecule has 0 spiro atoms. The zero-order chi connectivity index (χ0) is 18.4. The maximum Gasteiger partial charge on any atom is 0.258 e. The average molecular weight is 356 g/mol. The van der Waals surface area contributed by atoms with Gasteiger partial charge in [0.05, 0.1) is 5.56 Å². The number of ether oxygens (including phenoxy) is 2. The van der Waals surface area contributed by atoms with Crippen LogP contribution in [0.2, 0.25) is 0 Å². The van der Waals surface area contributed by atoms with E-state index in [0.717, 1.165) is 30.0 Å². The van der Waals surface area contributed by atoms with Crippen molar-refractivity contribution in [3.63, 3.8) is 0 Å². The predicted molar refractivity (Wildman–Crippen MR) is 99.4 cm³/mol. The zero-order valence-electron chi connectivity index (χ0n) is 14.9. The molecule has 1 saturated carbocycles. The minimum absolute atomic E-state index is 0.0984. The number of carbonyl (C=O) groups is 2. The topological polar surface area (TPSA) is 76.7 Å². The van der Waals surface area contributed by atoms with Crippen molar-refractivity contribution in [3.8, 4) is 5.75 Å². The highest BCUT2D eigenvalue weighted by Crippen LogP contribution is 2.26. The van der Waals surface area contributed by atoms with Crippen molar-refractivity contribution in [1.82, 2.24) is 10.6 Å². The van der Waals surface area contributed by atoms with Crippen LogP contribution in [-0.4, -0.2) is 44.7 Å². The lowest BCUT2D eigenvalue weighted by atomic mass is 10.1. The monoisotopic (exact) mass is 356 g/mol. The molecule has 2 amide bonds. The number of carbonyl (C=O) groups excluding carboxylic acids is 2. The number of nitrogens with one attached hydrogen (secondary N) is 2. The molecule has 1 aliphatic carbocycles. The number of benzene rings is 2. The molecule has 1 aliphatic rings. The average Bonchev–Trinajstić information content (AvgIpc) is 3.46. The number of rotatable bonds is 9. The number of methoxy groups -OCH3 is 1. The molecule has 26 heavy (non-hydrogen) atoms. The molecule has 0 aliphatic heterocycles. The highest BCUT2D eigenvalue weighted by molar-refractivity contribution is 6.01. The van der Waals surface area contributed by atoms with Gasteiger partial charge >= 0.3 is 0 Å². The van der Waals surface area contributed by atoms with E-state index in [9.17, 15) is 9.59 Å². The molecule has 0 heterocycles. The third-order valence-electron chi connectivity index (χ3n) is 4.20. The van der Waals surface area contributed by atoms with Gasteiger partial charge in [0.2, 0.25) is 0 Å². The molecule has 0 saturated heterocycles. The summed E-state index contributed by atoms with van der Waals surface area (Å²) in [7, 11) is 1.63. The molecule has 2 N–H and O–H groups in total. The number of hydrogen-bond donors (Lipinski definition) is 2. The lowest BCUT2D eigenvalue weighted by Gasteiger charge is -2.13. The minimum atomic E-state index is -0.218. The van der Waals surface area contributed by atoms with Gasteiger partial charge in [-0.05, 0) is 42.2 Å². The second kappa shape index (κ2) is 8.67. The van der Waals surface area contributed by atoms with Crippen molar-refractivity contribution in [3.05, 3.63) is 42.0 Å². The Kier molecular flexibility index (Phi) is 6.07. The fraction of sp³-hybridized carbons (Fsp3) is 0.400. The van der Waals surface area contributed by atoms with E-state index in [1.165, 1.54) is 0 Å². The van der Waals surface area contributed by atoms with E-state index in [1.54, 1.807) is 13.2 Å². The summed E-state index contributed by atoms with van der Waals surface area (Å²) in [5, 5.41) is 7.66. The summed E-state index contributed by atoms with van der Waals surface area (Å²) in [6, 6.07) is 11.6. The van der Waals surface area contributed by atoms with Gasteiger partial charge in [-0.2, -0.15) is 0 Å². The molecule has 6 nitrogen and oxygen atoms in total. The number of fused-ring (bicyclic) bond motifs is 1. The van der Waals surface area contributed by atoms with Crippen LogP contribution in [0.25, 0.3) is 10.8 Å². The van der Waals surface area contributed by atoms with Crippen molar-refractivity contribution in [2.75, 3.05) is 26.9 Å². The minimum Gasteiger partial charge on any atom is -0.483 e. The molecule has 0 atom stereocenters. The molecule has 0 bridgehead atoms. The lowest BCUT2D eigenvalue weighted by molar-refractivity contribution is -0.123. The van der Waals surface area contributed by atoms with Crippen LogP contribution in [0.1, 0.15) is 29.6 Å². The first-order chi connectivity index (χ1) is 12.7. The highest BCUT2D eigenvalue weighted by Gasteiger charge is 2.23. The third-order valence-corrected chi connectivity index (χ3v) is 4.20. The number of hydrogen-bond acceptors (Lipinski definition) is 4. The van der Waals surface area contributed by atoms with E-state index in [4.69, 9.17) is 9.47 Å². The van der Waals surface area contributed by atoms with E-state index in [1.807, 2.05) is 30.3 Å². The Balaban J connectivity index is 1.74. The first-order valence-electron chi connectivity index (χ1n) is 8.89. The van der Waals surface area contributed by atoms with Gasteiger partial charge in [-0.15, -0.1) is 0 Å². The summed E-state index contributed by atoms with van der Waals surface area (Å²) in [6.07, 6.45) is 2.78. The molecule has 2 aromatic carbocycles. The summed E-state index contributed by atoms with van der Waals surface area (Å²) < 4.78 is 10.7. The summed E-state index contributed by atoms with van der Waals surface area (Å²) in [5.41, 5.74) is 0.431. The van der Waals surface area contributed by atoms with Crippen LogP contribution in [0, 0.1) is 0 Å². The highest BCUT2D eigenvalue weighted by atomic mass is 16.5. The standard InChI is InChI=1S/C20H24N2O4/c1-25-10-4-9-21-20(24)17-11-14-5-2-3-6-15(14)12-18(17)26-13-19(23)22-16-7-8-16/h2-3,5-6,11-12,16H,4,7-10,13H2,1H3,(H,21,24)(H,22,23). The Labute approximate surface area is 152 Å². The van der Waals surface area contributed by atoms with Crippen LogP contribution >= 0.6 is 0 Å². The van der Waals surface area contributed by atoms with Crippen molar-refractivity contribution < 1.29 is 19.1 Å². The molecule has 3 rings (SSSR count). The van der Waals surface area contributed by atoms with Gasteiger partial charge in [0.15, 0.2) is 6.61 Å². The van der Waals surface area contributed by atoms with Gasteiger partial charge in [0, 0.05) is 26.3 Å². The summed E-state index contributed by atoms with van der Waals surface area (Å²) in [6.45, 7) is 1.00. The first-order valence-corrected chi connectivity index (χ1v) is 8.89. The zero-order valence-corrected chi connectivity index (χ0v) is 14.9. The van der Waals surface area contributed by atoms with Gasteiger partial charge in [0.25, 0.3) is 11.8 Å². The van der Waals surface area contributed by atoms with E-state index in [2.05, 4.69) is 10.6 Å². The summed E-state index contributed by atoms with van der Waals surface area (Å²) >= 11 is 0. The Morgan fingerprint density at radius 2 is 1.88 bits per heavy atom. The SMILES string of the molecule is COCCCNC(=O)c1cc2ccccc2cc1OCC(=O)NC1CC1. The van der Waals surface area contributed by atoms with Crippen LogP contribution in [0.3, 0.4) is 0 Å². The lowest BCUT2D eigenvalue weighted by Crippen LogP contribution is -2.31. The van der Waals surface area contributed by atoms with Crippen molar-refractivity contribution >= 4 is 22.6 Å². The molecule has 0 unspecified atom stereocenters. The molecule has 138 valence electrons. The normalized spacial score (nSPS) is 13.4. The third kappa shape index (κ3) is 4.95. The van der Waals surface area contributed by atoms with E-state index < -0.39 is 0 Å². The van der Waals surface area contributed by atoms with Crippen molar-refractivity contribution in [2.45, 2.75) is 25.3 Å². The van der Waals surface area contributed by atoms with Crippen LogP contribution in [0.5, 0.6) is 5.75 Å². The van der Waals surface area contributed by atoms with Crippen LogP contribution < -0.4 is 15.4 Å². The van der Waals surface area contributed by atoms with Gasteiger partial charge in [-0.3, -0.25) is 9.59 Å². The van der Waals surface area contributed by atoms with Crippen molar-refractivity contribution in [2.24, 2.45) is 0 Å². The quantitative estimate of drug-likeness (QED) is 0.676. The van der Waals surface area contributed by atoms with Crippen LogP contribution in [-0.2, 0) is 9.53 Å². The van der Waals surface area contributed by atoms with Gasteiger partial charge < -0.3 is 20.1 Å². The Morgan fingerprint density at radius 1 is 1.15 bits per heavy atom. The maximum absolute atomic E-state index is 12.6. The van der Waals surface area contributed by atoms with Crippen molar-refractivity contribution in [1.29, 1.82) is 0 Å². The Bertz CT molecular complexity index is 786. The number of amides is 2. The van der Waals surface area contributed by atoms with Gasteiger partial charge in [0.1, 0.15) is 5.75 Å². The Hall–Kier alpha value is -2.60. The first kappa shape index (κ1) is 18.2. The van der Waals surface area contributed by atoms with Gasteiger partial charge in [-0.25, -0.2) is 0 Å². The predicted octanol–water partition coefficient (Wildman–Crippen LogP) is 2.26. The van der Waals surface area contributed by atoms with E-state index >= 15 is 0 Å². The fourth-order valence-corrected chi connectivity index (χ4v) is 2.67. The Morgan fingerprint density at radius 3 is 2.58 bits per heavy atom. The van der Waals surface area contributed by atoms with Gasteiger partial charge in [-0.1, -0.05) is 24.3 Å². The molecular weight excluding hydrogens is 332 g/mol. The summed E-state index contributed by atoms with van der Waals surface area (Å²) in [5.74, 6) is 0.0375. The smallest absolute Gasteiger partial charge is 0.258 e. The molecule has 6 heteroatoms. The largest absolute Gasteiger partial charge is 0.483 e. The maximum atomic E-state index is 12.6. The fourth-order valence-electron chi connectivity index (χ4n) is 2.67. The molecule has 2 aromatic rings. The molecular formula is C20H24N2O4. The molecule has 1 fully saturated rings. The van der Waals surface area contributed by atoms with E-state index in [-0.39, 0.29) is 24.5 Å². The second-order valence-electron chi connectivity index (χ2n) is 6.43.